The molecule has 1 N–H and O–H groups in total. The van der Waals surface area contributed by atoms with Crippen LogP contribution in [0.15, 0.2) is 59.0 Å². The molecule has 3 rings (SSSR count). The standard InChI is InChI=1S/C19H11Cl3N2S/c20-15-9-17(21)19(18(22)10-15)24-23-11-16-8-14(12-25-16)7-6-13-4-2-1-3-5-13/h1-5,8-12,24H/b23-11-. The Labute approximate surface area is 165 Å². The number of rotatable bonds is 3. The lowest BCUT2D eigenvalue weighted by Gasteiger charge is -2.06. The minimum atomic E-state index is 0.412. The predicted octanol–water partition coefficient (Wildman–Crippen LogP) is 6.55. The van der Waals surface area contributed by atoms with Crippen molar-refractivity contribution in [3.63, 3.8) is 0 Å². The first-order valence-electron chi connectivity index (χ1n) is 7.21. The predicted molar refractivity (Wildman–Crippen MR) is 109 cm³/mol. The summed E-state index contributed by atoms with van der Waals surface area (Å²) in [5.41, 5.74) is 5.29. The number of halogens is 3. The highest BCUT2D eigenvalue weighted by molar-refractivity contribution is 7.11. The van der Waals surface area contributed by atoms with E-state index in [0.29, 0.717) is 20.8 Å². The minimum Gasteiger partial charge on any atom is -0.275 e. The van der Waals surface area contributed by atoms with Crippen LogP contribution in [0, 0.1) is 11.8 Å². The van der Waals surface area contributed by atoms with E-state index in [9.17, 15) is 0 Å². The lowest BCUT2D eigenvalue weighted by atomic mass is 10.2. The van der Waals surface area contributed by atoms with Gasteiger partial charge in [-0.25, -0.2) is 0 Å². The van der Waals surface area contributed by atoms with Crippen LogP contribution in [0.2, 0.25) is 15.1 Å². The first-order valence-corrected chi connectivity index (χ1v) is 9.22. The van der Waals surface area contributed by atoms with Crippen molar-refractivity contribution < 1.29 is 0 Å². The molecular weight excluding hydrogens is 395 g/mol. The van der Waals surface area contributed by atoms with Crippen molar-refractivity contribution in [2.24, 2.45) is 5.10 Å². The van der Waals surface area contributed by atoms with Gasteiger partial charge in [0.2, 0.25) is 0 Å². The van der Waals surface area contributed by atoms with Crippen LogP contribution in [-0.2, 0) is 0 Å². The van der Waals surface area contributed by atoms with Crippen LogP contribution in [0.25, 0.3) is 0 Å². The summed E-state index contributed by atoms with van der Waals surface area (Å²) in [6, 6.07) is 15.0. The molecule has 2 nitrogen and oxygen atoms in total. The molecule has 25 heavy (non-hydrogen) atoms. The Morgan fingerprint density at radius 3 is 2.32 bits per heavy atom. The van der Waals surface area contributed by atoms with Crippen LogP contribution in [0.3, 0.4) is 0 Å². The van der Waals surface area contributed by atoms with Crippen LogP contribution in [0.5, 0.6) is 0 Å². The van der Waals surface area contributed by atoms with Gasteiger partial charge in [0.25, 0.3) is 0 Å². The SMILES string of the molecule is Clc1cc(Cl)c(N/N=C\c2cc(C#Cc3ccccc3)cs2)c(Cl)c1. The van der Waals surface area contributed by atoms with Gasteiger partial charge in [-0.3, -0.25) is 5.43 Å². The fraction of sp³-hybridized carbons (Fsp3) is 0. The summed E-state index contributed by atoms with van der Waals surface area (Å²) in [5.74, 6) is 6.26. The summed E-state index contributed by atoms with van der Waals surface area (Å²) >= 11 is 19.6. The van der Waals surface area contributed by atoms with Crippen molar-refractivity contribution in [3.8, 4) is 11.8 Å². The normalized spacial score (nSPS) is 10.5. The summed E-state index contributed by atoms with van der Waals surface area (Å²) in [4.78, 5) is 0.964. The number of nitrogens with one attached hydrogen (secondary N) is 1. The first-order chi connectivity index (χ1) is 12.1. The van der Waals surface area contributed by atoms with Gasteiger partial charge in [-0.15, -0.1) is 11.3 Å². The van der Waals surface area contributed by atoms with E-state index >= 15 is 0 Å². The molecule has 2 aromatic carbocycles. The molecule has 0 unspecified atom stereocenters. The molecule has 1 aromatic heterocycles. The zero-order chi connectivity index (χ0) is 17.6. The molecular formula is C19H11Cl3N2S. The number of hydrogen-bond acceptors (Lipinski definition) is 3. The number of hydrazone groups is 1. The molecule has 0 radical (unpaired) electrons. The van der Waals surface area contributed by atoms with Gasteiger partial charge in [-0.1, -0.05) is 64.8 Å². The summed E-state index contributed by atoms with van der Waals surface area (Å²) in [5, 5.41) is 7.46. The lowest BCUT2D eigenvalue weighted by Crippen LogP contribution is -1.91. The molecule has 0 fully saturated rings. The average molecular weight is 406 g/mol. The smallest absolute Gasteiger partial charge is 0.0935 e. The summed E-state index contributed by atoms with van der Waals surface area (Å²) in [6.07, 6.45) is 1.69. The maximum Gasteiger partial charge on any atom is 0.0935 e. The van der Waals surface area contributed by atoms with E-state index in [1.807, 2.05) is 41.8 Å². The van der Waals surface area contributed by atoms with Crippen LogP contribution in [0.4, 0.5) is 5.69 Å². The Morgan fingerprint density at radius 1 is 0.920 bits per heavy atom. The lowest BCUT2D eigenvalue weighted by molar-refractivity contribution is 1.35. The molecule has 0 aliphatic heterocycles. The molecule has 0 bridgehead atoms. The van der Waals surface area contributed by atoms with Crippen molar-refractivity contribution in [3.05, 3.63) is 85.0 Å². The molecule has 3 aromatic rings. The second-order valence-electron chi connectivity index (χ2n) is 4.97. The van der Waals surface area contributed by atoms with Gasteiger partial charge in [0.15, 0.2) is 0 Å². The van der Waals surface area contributed by atoms with Crippen LogP contribution >= 0.6 is 46.1 Å². The van der Waals surface area contributed by atoms with Gasteiger partial charge in [0.05, 0.1) is 21.9 Å². The third-order valence-electron chi connectivity index (χ3n) is 3.12. The van der Waals surface area contributed by atoms with E-state index in [1.165, 1.54) is 0 Å². The number of benzene rings is 2. The third kappa shape index (κ3) is 5.01. The number of anilines is 1. The Hall–Kier alpha value is -1.96. The minimum absolute atomic E-state index is 0.412. The number of thiophene rings is 1. The highest BCUT2D eigenvalue weighted by Crippen LogP contribution is 2.33. The fourth-order valence-corrected chi connectivity index (χ4v) is 3.56. The zero-order valence-corrected chi connectivity index (χ0v) is 15.8. The molecule has 124 valence electrons. The van der Waals surface area contributed by atoms with Crippen molar-refractivity contribution in [1.82, 2.24) is 0 Å². The monoisotopic (exact) mass is 404 g/mol. The fourth-order valence-electron chi connectivity index (χ4n) is 1.96. The van der Waals surface area contributed by atoms with E-state index in [0.717, 1.165) is 16.0 Å². The molecule has 0 atom stereocenters. The van der Waals surface area contributed by atoms with Gasteiger partial charge in [0.1, 0.15) is 0 Å². The van der Waals surface area contributed by atoms with E-state index in [-0.39, 0.29) is 0 Å². The van der Waals surface area contributed by atoms with Crippen molar-refractivity contribution in [2.75, 3.05) is 5.43 Å². The third-order valence-corrected chi connectivity index (χ3v) is 4.80. The second kappa shape index (κ2) is 8.42. The van der Waals surface area contributed by atoms with E-state index < -0.39 is 0 Å². The Kier molecular flexibility index (Phi) is 6.01. The highest BCUT2D eigenvalue weighted by atomic mass is 35.5. The summed E-state index contributed by atoms with van der Waals surface area (Å²) < 4.78 is 0. The molecule has 0 spiro atoms. The molecule has 0 saturated heterocycles. The average Bonchev–Trinajstić information content (AvgIpc) is 3.04. The number of hydrogen-bond donors (Lipinski definition) is 1. The van der Waals surface area contributed by atoms with Crippen LogP contribution in [0.1, 0.15) is 16.0 Å². The summed E-state index contributed by atoms with van der Waals surface area (Å²) in [6.45, 7) is 0. The Balaban J connectivity index is 1.68. The molecule has 0 aliphatic rings. The van der Waals surface area contributed by atoms with E-state index in [2.05, 4.69) is 22.4 Å². The van der Waals surface area contributed by atoms with Gasteiger partial charge in [-0.2, -0.15) is 5.10 Å². The zero-order valence-electron chi connectivity index (χ0n) is 12.8. The molecule has 0 saturated carbocycles. The quantitative estimate of drug-likeness (QED) is 0.298. The van der Waals surface area contributed by atoms with Crippen molar-refractivity contribution in [1.29, 1.82) is 0 Å². The first kappa shape index (κ1) is 17.8. The van der Waals surface area contributed by atoms with Crippen molar-refractivity contribution in [2.45, 2.75) is 0 Å². The Bertz CT molecular complexity index is 946. The molecule has 1 heterocycles. The maximum absolute atomic E-state index is 6.10. The van der Waals surface area contributed by atoms with Gasteiger partial charge >= 0.3 is 0 Å². The van der Waals surface area contributed by atoms with Crippen molar-refractivity contribution >= 4 is 58.0 Å². The second-order valence-corrected chi connectivity index (χ2v) is 7.16. The molecule has 6 heteroatoms. The highest BCUT2D eigenvalue weighted by Gasteiger charge is 2.06. The van der Waals surface area contributed by atoms with Crippen LogP contribution < -0.4 is 5.43 Å². The topological polar surface area (TPSA) is 24.4 Å². The maximum atomic E-state index is 6.10. The Morgan fingerprint density at radius 2 is 1.60 bits per heavy atom. The van der Waals surface area contributed by atoms with Gasteiger partial charge < -0.3 is 0 Å². The summed E-state index contributed by atoms with van der Waals surface area (Å²) in [7, 11) is 0. The van der Waals surface area contributed by atoms with E-state index in [1.54, 1.807) is 29.7 Å². The largest absolute Gasteiger partial charge is 0.275 e. The van der Waals surface area contributed by atoms with Crippen LogP contribution in [-0.4, -0.2) is 6.21 Å². The molecule has 0 amide bonds. The van der Waals surface area contributed by atoms with Gasteiger partial charge in [-0.05, 0) is 30.3 Å². The van der Waals surface area contributed by atoms with Gasteiger partial charge in [0, 0.05) is 26.4 Å². The van der Waals surface area contributed by atoms with E-state index in [4.69, 9.17) is 34.8 Å². The molecule has 0 aliphatic carbocycles. The number of nitrogens with zero attached hydrogens (tertiary/aromatic N) is 1.